The van der Waals surface area contributed by atoms with E-state index < -0.39 is 0 Å². The van der Waals surface area contributed by atoms with Gasteiger partial charge in [0.15, 0.2) is 5.82 Å². The number of benzene rings is 1. The van der Waals surface area contributed by atoms with E-state index in [1.54, 1.807) is 0 Å². The summed E-state index contributed by atoms with van der Waals surface area (Å²) in [7, 11) is 0. The van der Waals surface area contributed by atoms with Gasteiger partial charge in [-0.15, -0.1) is 0 Å². The minimum Gasteiger partial charge on any atom is -0.339 e. The highest BCUT2D eigenvalue weighted by atomic mass is 79.9. The van der Waals surface area contributed by atoms with Gasteiger partial charge in [0, 0.05) is 29.9 Å². The average molecular weight is 322 g/mol. The smallest absolute Gasteiger partial charge is 0.227 e. The van der Waals surface area contributed by atoms with Crippen LogP contribution in [0.4, 0.5) is 0 Å². The van der Waals surface area contributed by atoms with Crippen molar-refractivity contribution in [3.63, 3.8) is 0 Å². The van der Waals surface area contributed by atoms with Gasteiger partial charge in [0.05, 0.1) is 0 Å². The van der Waals surface area contributed by atoms with E-state index in [0.717, 1.165) is 35.2 Å². The second kappa shape index (κ2) is 5.84. The highest BCUT2D eigenvalue weighted by Crippen LogP contribution is 2.19. The summed E-state index contributed by atoms with van der Waals surface area (Å²) in [5.74, 6) is 1.46. The normalized spacial score (nSPS) is 14.8. The third kappa shape index (κ3) is 3.64. The molecule has 4 nitrogen and oxygen atoms in total. The first kappa shape index (κ1) is 12.8. The highest BCUT2D eigenvalue weighted by Gasteiger charge is 2.20. The molecular weight excluding hydrogens is 306 g/mol. The Kier molecular flexibility index (Phi) is 3.94. The SMILES string of the molecule is Brc1ccccc1Cc1noc(CCNC2CC2)n1. The quantitative estimate of drug-likeness (QED) is 0.888. The van der Waals surface area contributed by atoms with E-state index in [0.29, 0.717) is 6.42 Å². The van der Waals surface area contributed by atoms with Crippen LogP contribution in [0, 0.1) is 0 Å². The van der Waals surface area contributed by atoms with Gasteiger partial charge in [0.1, 0.15) is 0 Å². The molecule has 3 rings (SSSR count). The van der Waals surface area contributed by atoms with Crippen LogP contribution in [-0.2, 0) is 12.8 Å². The van der Waals surface area contributed by atoms with E-state index in [4.69, 9.17) is 4.52 Å². The Morgan fingerprint density at radius 3 is 2.95 bits per heavy atom. The third-order valence-electron chi connectivity index (χ3n) is 3.17. The Balaban J connectivity index is 1.56. The number of halogens is 1. The van der Waals surface area contributed by atoms with Crippen LogP contribution in [0.5, 0.6) is 0 Å². The van der Waals surface area contributed by atoms with Crippen molar-refractivity contribution < 1.29 is 4.52 Å². The van der Waals surface area contributed by atoms with Crippen LogP contribution in [0.25, 0.3) is 0 Å². The number of hydrogen-bond acceptors (Lipinski definition) is 4. The summed E-state index contributed by atoms with van der Waals surface area (Å²) >= 11 is 3.53. The summed E-state index contributed by atoms with van der Waals surface area (Å²) in [6.45, 7) is 0.918. The zero-order valence-electron chi connectivity index (χ0n) is 10.6. The van der Waals surface area contributed by atoms with Crippen molar-refractivity contribution in [2.75, 3.05) is 6.54 Å². The van der Waals surface area contributed by atoms with Crippen LogP contribution < -0.4 is 5.32 Å². The summed E-state index contributed by atoms with van der Waals surface area (Å²) in [5.41, 5.74) is 1.17. The summed E-state index contributed by atoms with van der Waals surface area (Å²) in [4.78, 5) is 4.43. The van der Waals surface area contributed by atoms with Crippen molar-refractivity contribution in [2.24, 2.45) is 0 Å². The molecule has 1 aliphatic carbocycles. The Morgan fingerprint density at radius 1 is 1.32 bits per heavy atom. The van der Waals surface area contributed by atoms with E-state index in [9.17, 15) is 0 Å². The molecule has 0 bridgehead atoms. The Labute approximate surface area is 120 Å². The van der Waals surface area contributed by atoms with Gasteiger partial charge in [0.2, 0.25) is 5.89 Å². The Morgan fingerprint density at radius 2 is 2.16 bits per heavy atom. The lowest BCUT2D eigenvalue weighted by Crippen LogP contribution is -2.19. The summed E-state index contributed by atoms with van der Waals surface area (Å²) in [6, 6.07) is 8.83. The molecule has 0 radical (unpaired) electrons. The maximum Gasteiger partial charge on any atom is 0.227 e. The lowest BCUT2D eigenvalue weighted by Gasteiger charge is -1.99. The lowest BCUT2D eigenvalue weighted by molar-refractivity contribution is 0.371. The fourth-order valence-electron chi connectivity index (χ4n) is 1.95. The average Bonchev–Trinajstić information content (AvgIpc) is 3.12. The van der Waals surface area contributed by atoms with Crippen LogP contribution in [0.3, 0.4) is 0 Å². The zero-order chi connectivity index (χ0) is 13.1. The molecule has 1 aliphatic rings. The van der Waals surface area contributed by atoms with Gasteiger partial charge >= 0.3 is 0 Å². The topological polar surface area (TPSA) is 51.0 Å². The van der Waals surface area contributed by atoms with E-state index in [1.807, 2.05) is 18.2 Å². The van der Waals surface area contributed by atoms with E-state index in [2.05, 4.69) is 37.5 Å². The van der Waals surface area contributed by atoms with Gasteiger partial charge in [-0.1, -0.05) is 39.3 Å². The van der Waals surface area contributed by atoms with Crippen LogP contribution in [-0.4, -0.2) is 22.7 Å². The monoisotopic (exact) mass is 321 g/mol. The predicted octanol–water partition coefficient (Wildman–Crippen LogP) is 2.72. The third-order valence-corrected chi connectivity index (χ3v) is 3.94. The summed E-state index contributed by atoms with van der Waals surface area (Å²) in [6.07, 6.45) is 4.11. The Hall–Kier alpha value is -1.20. The van der Waals surface area contributed by atoms with Crippen molar-refractivity contribution in [1.29, 1.82) is 0 Å². The molecule has 0 spiro atoms. The van der Waals surface area contributed by atoms with Crippen molar-refractivity contribution in [3.05, 3.63) is 46.0 Å². The molecular formula is C14H16BrN3O. The second-order valence-electron chi connectivity index (χ2n) is 4.85. The molecule has 1 aromatic heterocycles. The summed E-state index contributed by atoms with van der Waals surface area (Å²) < 4.78 is 6.34. The molecule has 0 atom stereocenters. The number of nitrogens with zero attached hydrogens (tertiary/aromatic N) is 2. The van der Waals surface area contributed by atoms with Crippen LogP contribution in [0.15, 0.2) is 33.3 Å². The van der Waals surface area contributed by atoms with E-state index in [1.165, 1.54) is 18.4 Å². The first-order valence-electron chi connectivity index (χ1n) is 6.59. The largest absolute Gasteiger partial charge is 0.339 e. The van der Waals surface area contributed by atoms with Crippen molar-refractivity contribution in [2.45, 2.75) is 31.7 Å². The Bertz CT molecular complexity index is 551. The fraction of sp³-hybridized carbons (Fsp3) is 0.429. The summed E-state index contributed by atoms with van der Waals surface area (Å²) in [5, 5.41) is 7.47. The molecule has 0 saturated heterocycles. The van der Waals surface area contributed by atoms with Gasteiger partial charge in [-0.3, -0.25) is 0 Å². The van der Waals surface area contributed by atoms with E-state index in [-0.39, 0.29) is 0 Å². The molecule has 2 aromatic rings. The molecule has 19 heavy (non-hydrogen) atoms. The van der Waals surface area contributed by atoms with Crippen molar-refractivity contribution >= 4 is 15.9 Å². The van der Waals surface area contributed by atoms with Crippen molar-refractivity contribution in [3.8, 4) is 0 Å². The molecule has 1 heterocycles. The number of nitrogens with one attached hydrogen (secondary N) is 1. The van der Waals surface area contributed by atoms with E-state index >= 15 is 0 Å². The number of hydrogen-bond donors (Lipinski definition) is 1. The standard InChI is InChI=1S/C14H16BrN3O/c15-12-4-2-1-3-10(12)9-13-17-14(19-18-13)7-8-16-11-5-6-11/h1-4,11,16H,5-9H2. The minimum atomic E-state index is 0.695. The van der Waals surface area contributed by atoms with Crippen molar-refractivity contribution in [1.82, 2.24) is 15.5 Å². The molecule has 5 heteroatoms. The maximum atomic E-state index is 5.26. The molecule has 0 unspecified atom stereocenters. The van der Waals surface area contributed by atoms with Crippen LogP contribution in [0.1, 0.15) is 30.1 Å². The van der Waals surface area contributed by atoms with Gasteiger partial charge in [-0.25, -0.2) is 0 Å². The van der Waals surface area contributed by atoms with Gasteiger partial charge in [0.25, 0.3) is 0 Å². The molecule has 1 aromatic carbocycles. The first-order valence-corrected chi connectivity index (χ1v) is 7.39. The molecule has 1 N–H and O–H groups in total. The van der Waals surface area contributed by atoms with Gasteiger partial charge in [-0.05, 0) is 24.5 Å². The number of aromatic nitrogens is 2. The predicted molar refractivity (Wildman–Crippen MR) is 76.0 cm³/mol. The van der Waals surface area contributed by atoms with Crippen LogP contribution in [0.2, 0.25) is 0 Å². The molecule has 1 saturated carbocycles. The zero-order valence-corrected chi connectivity index (χ0v) is 12.2. The lowest BCUT2D eigenvalue weighted by atomic mass is 10.1. The molecule has 0 aliphatic heterocycles. The fourth-order valence-corrected chi connectivity index (χ4v) is 2.37. The molecule has 1 fully saturated rings. The van der Waals surface area contributed by atoms with Crippen LogP contribution >= 0.6 is 15.9 Å². The number of rotatable bonds is 6. The van der Waals surface area contributed by atoms with Gasteiger partial charge in [-0.2, -0.15) is 4.98 Å². The second-order valence-corrected chi connectivity index (χ2v) is 5.71. The first-order chi connectivity index (χ1) is 9.31. The molecule has 100 valence electrons. The molecule has 0 amide bonds. The minimum absolute atomic E-state index is 0.695. The van der Waals surface area contributed by atoms with Gasteiger partial charge < -0.3 is 9.84 Å². The maximum absolute atomic E-state index is 5.26. The highest BCUT2D eigenvalue weighted by molar-refractivity contribution is 9.10.